The first-order valence-corrected chi connectivity index (χ1v) is 9.70. The standard InChI is InChI=1S/C22H25N5O/c1-18-7-2-3-8-19(18)20(25-11-4-5-12-25)17-21(28)26-13-15-27(16-14-26)22-23-9-6-10-24-22/h2-12,20H,13-17H2,1H3/t20-/m1/s1. The molecule has 0 radical (unpaired) electrons. The molecule has 1 atom stereocenters. The van der Waals surface area contributed by atoms with Crippen molar-refractivity contribution < 1.29 is 4.79 Å². The normalized spacial score (nSPS) is 15.5. The van der Waals surface area contributed by atoms with E-state index in [0.29, 0.717) is 19.5 Å². The Balaban J connectivity index is 1.45. The second kappa shape index (κ2) is 8.25. The second-order valence-corrected chi connectivity index (χ2v) is 7.12. The molecule has 6 heteroatoms. The van der Waals surface area contributed by atoms with E-state index in [9.17, 15) is 4.79 Å². The average Bonchev–Trinajstić information content (AvgIpc) is 3.28. The van der Waals surface area contributed by atoms with Crippen LogP contribution in [0.4, 0.5) is 5.95 Å². The maximum absolute atomic E-state index is 13.1. The molecule has 1 amide bonds. The monoisotopic (exact) mass is 375 g/mol. The topological polar surface area (TPSA) is 54.3 Å². The number of anilines is 1. The van der Waals surface area contributed by atoms with E-state index in [2.05, 4.69) is 38.5 Å². The number of hydrogen-bond donors (Lipinski definition) is 0. The minimum absolute atomic E-state index is 0.0131. The van der Waals surface area contributed by atoms with Crippen LogP contribution in [-0.2, 0) is 4.79 Å². The highest BCUT2D eigenvalue weighted by atomic mass is 16.2. The van der Waals surface area contributed by atoms with Crippen LogP contribution in [0.5, 0.6) is 0 Å². The summed E-state index contributed by atoms with van der Waals surface area (Å²) >= 11 is 0. The van der Waals surface area contributed by atoms with Crippen molar-refractivity contribution in [2.24, 2.45) is 0 Å². The lowest BCUT2D eigenvalue weighted by molar-refractivity contribution is -0.132. The van der Waals surface area contributed by atoms with E-state index in [1.165, 1.54) is 11.1 Å². The van der Waals surface area contributed by atoms with E-state index >= 15 is 0 Å². The van der Waals surface area contributed by atoms with Crippen molar-refractivity contribution in [2.75, 3.05) is 31.1 Å². The largest absolute Gasteiger partial charge is 0.346 e. The van der Waals surface area contributed by atoms with Crippen LogP contribution in [0.3, 0.4) is 0 Å². The molecule has 1 fully saturated rings. The molecule has 0 N–H and O–H groups in total. The minimum Gasteiger partial charge on any atom is -0.346 e. The third-order valence-corrected chi connectivity index (χ3v) is 5.37. The van der Waals surface area contributed by atoms with Crippen molar-refractivity contribution in [1.82, 2.24) is 19.4 Å². The number of benzene rings is 1. The lowest BCUT2D eigenvalue weighted by Crippen LogP contribution is -2.49. The Labute approximate surface area is 165 Å². The van der Waals surface area contributed by atoms with E-state index in [-0.39, 0.29) is 11.9 Å². The molecule has 1 aliphatic heterocycles. The molecule has 0 aliphatic carbocycles. The summed E-state index contributed by atoms with van der Waals surface area (Å²) in [4.78, 5) is 25.8. The Bertz CT molecular complexity index is 902. The van der Waals surface area contributed by atoms with Gasteiger partial charge in [0, 0.05) is 51.0 Å². The molecule has 0 bridgehead atoms. The van der Waals surface area contributed by atoms with Gasteiger partial charge in [0.1, 0.15) is 0 Å². The zero-order valence-electron chi connectivity index (χ0n) is 16.1. The molecule has 3 aromatic rings. The third-order valence-electron chi connectivity index (χ3n) is 5.37. The first-order chi connectivity index (χ1) is 13.7. The van der Waals surface area contributed by atoms with Crippen molar-refractivity contribution in [3.05, 3.63) is 78.4 Å². The minimum atomic E-state index is 0.0131. The highest BCUT2D eigenvalue weighted by Gasteiger charge is 2.26. The Morgan fingerprint density at radius 1 is 0.964 bits per heavy atom. The third kappa shape index (κ3) is 3.91. The smallest absolute Gasteiger partial charge is 0.225 e. The van der Waals surface area contributed by atoms with Crippen LogP contribution in [0.15, 0.2) is 67.3 Å². The van der Waals surface area contributed by atoms with Crippen molar-refractivity contribution in [2.45, 2.75) is 19.4 Å². The van der Waals surface area contributed by atoms with Crippen LogP contribution in [0, 0.1) is 6.92 Å². The number of carbonyl (C=O) groups is 1. The van der Waals surface area contributed by atoms with Gasteiger partial charge in [0.2, 0.25) is 11.9 Å². The molecule has 1 aliphatic rings. The zero-order valence-corrected chi connectivity index (χ0v) is 16.1. The Kier molecular flexibility index (Phi) is 5.37. The number of nitrogens with zero attached hydrogens (tertiary/aromatic N) is 5. The fourth-order valence-corrected chi connectivity index (χ4v) is 3.80. The summed E-state index contributed by atoms with van der Waals surface area (Å²) < 4.78 is 2.13. The van der Waals surface area contributed by atoms with E-state index < -0.39 is 0 Å². The predicted molar refractivity (Wildman–Crippen MR) is 109 cm³/mol. The molecule has 1 aromatic carbocycles. The van der Waals surface area contributed by atoms with Gasteiger partial charge in [-0.15, -0.1) is 0 Å². The molecule has 2 aromatic heterocycles. The molecule has 144 valence electrons. The molecule has 28 heavy (non-hydrogen) atoms. The summed E-state index contributed by atoms with van der Waals surface area (Å²) in [6, 6.07) is 14.2. The van der Waals surface area contributed by atoms with Crippen LogP contribution in [0.2, 0.25) is 0 Å². The first-order valence-electron chi connectivity index (χ1n) is 9.70. The Hall–Kier alpha value is -3.15. The van der Waals surface area contributed by atoms with Gasteiger partial charge in [0.15, 0.2) is 0 Å². The number of hydrogen-bond acceptors (Lipinski definition) is 4. The molecule has 0 spiro atoms. The fraction of sp³-hybridized carbons (Fsp3) is 0.318. The van der Waals surface area contributed by atoms with Crippen molar-refractivity contribution >= 4 is 11.9 Å². The van der Waals surface area contributed by atoms with Gasteiger partial charge in [-0.3, -0.25) is 4.79 Å². The number of rotatable bonds is 5. The summed E-state index contributed by atoms with van der Waals surface area (Å²) in [6.07, 6.45) is 8.04. The summed E-state index contributed by atoms with van der Waals surface area (Å²) in [5.74, 6) is 0.926. The SMILES string of the molecule is Cc1ccccc1[C@@H](CC(=O)N1CCN(c2ncccn2)CC1)n1cccc1. The lowest BCUT2D eigenvalue weighted by Gasteiger charge is -2.35. The Morgan fingerprint density at radius 2 is 1.64 bits per heavy atom. The molecular formula is C22H25N5O. The quantitative estimate of drug-likeness (QED) is 0.688. The van der Waals surface area contributed by atoms with Crippen molar-refractivity contribution in [1.29, 1.82) is 0 Å². The lowest BCUT2D eigenvalue weighted by atomic mass is 9.98. The fourth-order valence-electron chi connectivity index (χ4n) is 3.80. The van der Waals surface area contributed by atoms with Gasteiger partial charge in [-0.2, -0.15) is 0 Å². The van der Waals surface area contributed by atoms with Gasteiger partial charge in [-0.1, -0.05) is 24.3 Å². The zero-order chi connectivity index (χ0) is 19.3. The highest BCUT2D eigenvalue weighted by molar-refractivity contribution is 5.77. The van der Waals surface area contributed by atoms with E-state index in [0.717, 1.165) is 19.0 Å². The van der Waals surface area contributed by atoms with Gasteiger partial charge in [-0.05, 0) is 36.2 Å². The summed E-state index contributed by atoms with van der Waals surface area (Å²) in [5, 5.41) is 0. The number of piperazine rings is 1. The molecule has 6 nitrogen and oxygen atoms in total. The van der Waals surface area contributed by atoms with Crippen LogP contribution in [-0.4, -0.2) is 51.5 Å². The maximum Gasteiger partial charge on any atom is 0.225 e. The number of aryl methyl sites for hydroxylation is 1. The van der Waals surface area contributed by atoms with Crippen molar-refractivity contribution in [3.63, 3.8) is 0 Å². The number of amides is 1. The average molecular weight is 375 g/mol. The van der Waals surface area contributed by atoms with Gasteiger partial charge in [-0.25, -0.2) is 9.97 Å². The van der Waals surface area contributed by atoms with E-state index in [1.807, 2.05) is 47.6 Å². The molecule has 1 saturated heterocycles. The van der Waals surface area contributed by atoms with Gasteiger partial charge < -0.3 is 14.4 Å². The van der Waals surface area contributed by atoms with Crippen molar-refractivity contribution in [3.8, 4) is 0 Å². The second-order valence-electron chi connectivity index (χ2n) is 7.12. The molecule has 0 saturated carbocycles. The van der Waals surface area contributed by atoms with Crippen LogP contribution < -0.4 is 4.90 Å². The molecular weight excluding hydrogens is 350 g/mol. The van der Waals surface area contributed by atoms with Gasteiger partial charge in [0.05, 0.1) is 12.5 Å². The van der Waals surface area contributed by atoms with Crippen LogP contribution in [0.1, 0.15) is 23.6 Å². The van der Waals surface area contributed by atoms with Gasteiger partial charge in [0.25, 0.3) is 0 Å². The molecule has 4 rings (SSSR count). The highest BCUT2D eigenvalue weighted by Crippen LogP contribution is 2.26. The number of carbonyl (C=O) groups excluding carboxylic acids is 1. The van der Waals surface area contributed by atoms with E-state index in [1.54, 1.807) is 12.4 Å². The maximum atomic E-state index is 13.1. The van der Waals surface area contributed by atoms with Crippen LogP contribution in [0.25, 0.3) is 0 Å². The first kappa shape index (κ1) is 18.2. The molecule has 0 unspecified atom stereocenters. The van der Waals surface area contributed by atoms with Gasteiger partial charge >= 0.3 is 0 Å². The predicted octanol–water partition coefficient (Wildman–Crippen LogP) is 2.91. The number of aromatic nitrogens is 3. The van der Waals surface area contributed by atoms with E-state index in [4.69, 9.17) is 0 Å². The Morgan fingerprint density at radius 3 is 2.32 bits per heavy atom. The molecule has 3 heterocycles. The van der Waals surface area contributed by atoms with Crippen LogP contribution >= 0.6 is 0 Å². The summed E-state index contributed by atoms with van der Waals surface area (Å²) in [6.45, 7) is 5.02. The summed E-state index contributed by atoms with van der Waals surface area (Å²) in [5.41, 5.74) is 2.41. The summed E-state index contributed by atoms with van der Waals surface area (Å²) in [7, 11) is 0.